The van der Waals surface area contributed by atoms with Gasteiger partial charge in [-0.2, -0.15) is 0 Å². The molecule has 0 aromatic carbocycles. The molecule has 1 amide bonds. The summed E-state index contributed by atoms with van der Waals surface area (Å²) >= 11 is 6.03. The highest BCUT2D eigenvalue weighted by Gasteiger charge is 2.21. The minimum Gasteiger partial charge on any atom is -0.349 e. The van der Waals surface area contributed by atoms with Crippen LogP contribution < -0.4 is 5.32 Å². The Morgan fingerprint density at radius 3 is 2.71 bits per heavy atom. The van der Waals surface area contributed by atoms with Crippen molar-refractivity contribution in [2.24, 2.45) is 0 Å². The van der Waals surface area contributed by atoms with E-state index in [9.17, 15) is 4.79 Å². The van der Waals surface area contributed by atoms with E-state index in [0.717, 1.165) is 31.2 Å². The van der Waals surface area contributed by atoms with Crippen molar-refractivity contribution < 1.29 is 4.79 Å². The Bertz CT molecular complexity index is 400. The largest absolute Gasteiger partial charge is 0.349 e. The number of aryl methyl sites for hydroxylation is 1. The molecule has 1 heterocycles. The van der Waals surface area contributed by atoms with Crippen molar-refractivity contribution >= 4 is 17.5 Å². The molecule has 92 valence electrons. The number of carbonyl (C=O) groups excluding carboxylic acids is 1. The Balaban J connectivity index is 1.93. The number of carbonyl (C=O) groups is 1. The van der Waals surface area contributed by atoms with E-state index in [-0.39, 0.29) is 17.3 Å². The van der Waals surface area contributed by atoms with Crippen LogP contribution in [0.15, 0.2) is 18.5 Å². The summed E-state index contributed by atoms with van der Waals surface area (Å²) in [5, 5.41) is 3.33. The molecule has 17 heavy (non-hydrogen) atoms. The fourth-order valence-electron chi connectivity index (χ4n) is 2.14. The lowest BCUT2D eigenvalue weighted by Crippen LogP contribution is -2.37. The molecule has 1 aromatic heterocycles. The summed E-state index contributed by atoms with van der Waals surface area (Å²) in [7, 11) is 0. The average molecular weight is 253 g/mol. The summed E-state index contributed by atoms with van der Waals surface area (Å²) in [5.74, 6) is -0.0285. The molecule has 0 saturated heterocycles. The van der Waals surface area contributed by atoms with Crippen molar-refractivity contribution in [3.63, 3.8) is 0 Å². The van der Waals surface area contributed by atoms with Gasteiger partial charge in [-0.05, 0) is 44.2 Å². The third kappa shape index (κ3) is 3.43. The van der Waals surface area contributed by atoms with Gasteiger partial charge in [0.1, 0.15) is 0 Å². The molecule has 0 radical (unpaired) electrons. The number of hydrogen-bond acceptors (Lipinski definition) is 2. The van der Waals surface area contributed by atoms with Crippen molar-refractivity contribution in [2.45, 2.75) is 44.0 Å². The number of hydrogen-bond donors (Lipinski definition) is 1. The first-order valence-corrected chi connectivity index (χ1v) is 6.45. The van der Waals surface area contributed by atoms with Crippen LogP contribution >= 0.6 is 11.6 Å². The SMILES string of the molecule is Cc1cncc(C(=O)NC2CCC(Cl)CC2)c1. The Hall–Kier alpha value is -1.09. The van der Waals surface area contributed by atoms with Gasteiger partial charge in [-0.3, -0.25) is 9.78 Å². The van der Waals surface area contributed by atoms with Crippen LogP contribution in [0.3, 0.4) is 0 Å². The standard InChI is InChI=1S/C13H17ClN2O/c1-9-6-10(8-15-7-9)13(17)16-12-4-2-11(14)3-5-12/h6-8,11-12H,2-5H2,1H3,(H,16,17). The summed E-state index contributed by atoms with van der Waals surface area (Å²) in [5.41, 5.74) is 1.64. The molecule has 1 N–H and O–H groups in total. The van der Waals surface area contributed by atoms with E-state index in [1.54, 1.807) is 12.4 Å². The predicted molar refractivity (Wildman–Crippen MR) is 68.3 cm³/mol. The molecule has 1 saturated carbocycles. The number of aromatic nitrogens is 1. The molecule has 2 rings (SSSR count). The third-order valence-corrected chi connectivity index (χ3v) is 3.57. The number of alkyl halides is 1. The maximum Gasteiger partial charge on any atom is 0.253 e. The molecular weight excluding hydrogens is 236 g/mol. The fraction of sp³-hybridized carbons (Fsp3) is 0.538. The lowest BCUT2D eigenvalue weighted by Gasteiger charge is -2.25. The van der Waals surface area contributed by atoms with Crippen LogP contribution in [-0.4, -0.2) is 22.3 Å². The van der Waals surface area contributed by atoms with E-state index in [1.807, 2.05) is 13.0 Å². The Morgan fingerprint density at radius 2 is 2.06 bits per heavy atom. The second-order valence-electron chi connectivity index (χ2n) is 4.67. The number of rotatable bonds is 2. The van der Waals surface area contributed by atoms with Crippen molar-refractivity contribution in [3.8, 4) is 0 Å². The third-order valence-electron chi connectivity index (χ3n) is 3.13. The van der Waals surface area contributed by atoms with Gasteiger partial charge >= 0.3 is 0 Å². The summed E-state index contributed by atoms with van der Waals surface area (Å²) in [6.45, 7) is 1.93. The summed E-state index contributed by atoms with van der Waals surface area (Å²) in [6, 6.07) is 2.12. The summed E-state index contributed by atoms with van der Waals surface area (Å²) < 4.78 is 0. The molecule has 1 aliphatic rings. The van der Waals surface area contributed by atoms with Gasteiger partial charge in [-0.15, -0.1) is 11.6 Å². The number of amides is 1. The Morgan fingerprint density at radius 1 is 1.35 bits per heavy atom. The van der Waals surface area contributed by atoms with Crippen LogP contribution in [0.4, 0.5) is 0 Å². The summed E-state index contributed by atoms with van der Waals surface area (Å²) in [6.07, 6.45) is 7.26. The normalized spacial score (nSPS) is 24.4. The van der Waals surface area contributed by atoms with Gasteiger partial charge in [-0.25, -0.2) is 0 Å². The lowest BCUT2D eigenvalue weighted by atomic mass is 9.95. The van der Waals surface area contributed by atoms with Crippen molar-refractivity contribution in [3.05, 3.63) is 29.6 Å². The smallest absolute Gasteiger partial charge is 0.253 e. The molecule has 4 heteroatoms. The Kier molecular flexibility index (Phi) is 4.00. The maximum atomic E-state index is 12.0. The second-order valence-corrected chi connectivity index (χ2v) is 5.29. The Labute approximate surface area is 107 Å². The van der Waals surface area contributed by atoms with Crippen molar-refractivity contribution in [1.29, 1.82) is 0 Å². The first-order chi connectivity index (χ1) is 8.15. The molecule has 0 aliphatic heterocycles. The quantitative estimate of drug-likeness (QED) is 0.823. The van der Waals surface area contributed by atoms with Crippen LogP contribution in [0.5, 0.6) is 0 Å². The maximum absolute atomic E-state index is 12.0. The number of nitrogens with one attached hydrogen (secondary N) is 1. The highest BCUT2D eigenvalue weighted by molar-refractivity contribution is 6.20. The molecule has 1 fully saturated rings. The van der Waals surface area contributed by atoms with Crippen molar-refractivity contribution in [1.82, 2.24) is 10.3 Å². The monoisotopic (exact) mass is 252 g/mol. The fourth-order valence-corrected chi connectivity index (χ4v) is 2.40. The lowest BCUT2D eigenvalue weighted by molar-refractivity contribution is 0.0927. The van der Waals surface area contributed by atoms with E-state index in [0.29, 0.717) is 5.56 Å². The highest BCUT2D eigenvalue weighted by atomic mass is 35.5. The molecular formula is C13H17ClN2O. The van der Waals surface area contributed by atoms with Crippen molar-refractivity contribution in [2.75, 3.05) is 0 Å². The molecule has 1 aliphatic carbocycles. The average Bonchev–Trinajstić information content (AvgIpc) is 2.32. The van der Waals surface area contributed by atoms with Gasteiger partial charge in [0.25, 0.3) is 5.91 Å². The highest BCUT2D eigenvalue weighted by Crippen LogP contribution is 2.22. The zero-order valence-corrected chi connectivity index (χ0v) is 10.7. The van der Waals surface area contributed by atoms with Gasteiger partial charge in [-0.1, -0.05) is 0 Å². The van der Waals surface area contributed by atoms with Crippen LogP contribution in [0.2, 0.25) is 0 Å². The molecule has 0 atom stereocenters. The van der Waals surface area contributed by atoms with Gasteiger partial charge < -0.3 is 5.32 Å². The molecule has 0 unspecified atom stereocenters. The number of pyridine rings is 1. The molecule has 3 nitrogen and oxygen atoms in total. The van der Waals surface area contributed by atoms with E-state index < -0.39 is 0 Å². The van der Waals surface area contributed by atoms with Gasteiger partial charge in [0, 0.05) is 23.8 Å². The van der Waals surface area contributed by atoms with Crippen LogP contribution in [0.25, 0.3) is 0 Å². The van der Waals surface area contributed by atoms with Gasteiger partial charge in [0.05, 0.1) is 5.56 Å². The predicted octanol–water partition coefficient (Wildman–Crippen LogP) is 2.67. The van der Waals surface area contributed by atoms with Gasteiger partial charge in [0.2, 0.25) is 0 Å². The zero-order chi connectivity index (χ0) is 12.3. The van der Waals surface area contributed by atoms with E-state index in [2.05, 4.69) is 10.3 Å². The second kappa shape index (κ2) is 5.50. The first kappa shape index (κ1) is 12.4. The minimum atomic E-state index is -0.0285. The molecule has 1 aromatic rings. The van der Waals surface area contributed by atoms with Gasteiger partial charge in [0.15, 0.2) is 0 Å². The first-order valence-electron chi connectivity index (χ1n) is 6.02. The molecule has 0 bridgehead atoms. The van der Waals surface area contributed by atoms with E-state index in [1.165, 1.54) is 0 Å². The van der Waals surface area contributed by atoms with Crippen LogP contribution in [0, 0.1) is 6.92 Å². The minimum absolute atomic E-state index is 0.0285. The van der Waals surface area contributed by atoms with E-state index >= 15 is 0 Å². The number of halogens is 1. The zero-order valence-electron chi connectivity index (χ0n) is 9.95. The number of nitrogens with zero attached hydrogens (tertiary/aromatic N) is 1. The summed E-state index contributed by atoms with van der Waals surface area (Å²) in [4.78, 5) is 16.0. The van der Waals surface area contributed by atoms with Crippen LogP contribution in [0.1, 0.15) is 41.6 Å². The molecule has 0 spiro atoms. The topological polar surface area (TPSA) is 42.0 Å². The van der Waals surface area contributed by atoms with Crippen LogP contribution in [-0.2, 0) is 0 Å². The van der Waals surface area contributed by atoms with E-state index in [4.69, 9.17) is 11.6 Å².